The number of benzene rings is 1. The van der Waals surface area contributed by atoms with Crippen molar-refractivity contribution in [1.29, 1.82) is 0 Å². The second kappa shape index (κ2) is 4.93. The highest BCUT2D eigenvalue weighted by molar-refractivity contribution is 9.11. The lowest BCUT2D eigenvalue weighted by molar-refractivity contribution is 0.192. The molecule has 0 aliphatic rings. The summed E-state index contributed by atoms with van der Waals surface area (Å²) in [7, 11) is 0. The molecular weight excluding hydrogens is 223 g/mol. The number of hydrogen-bond acceptors (Lipinski definition) is 1. The molecule has 0 aliphatic heterocycles. The summed E-state index contributed by atoms with van der Waals surface area (Å²) in [6.45, 7) is -0.790. The molecule has 64 valence electrons. The summed E-state index contributed by atoms with van der Waals surface area (Å²) in [5, 5.41) is 0. The molecule has 0 radical (unpaired) electrons. The molecule has 1 aromatic rings. The number of halogens is 2. The summed E-state index contributed by atoms with van der Waals surface area (Å²) in [5.74, 6) is 0.542. The second-order valence-electron chi connectivity index (χ2n) is 2.12. The summed E-state index contributed by atoms with van der Waals surface area (Å²) < 4.78 is 16.4. The van der Waals surface area contributed by atoms with Crippen molar-refractivity contribution in [2.45, 2.75) is 0 Å². The molecule has 0 heterocycles. The van der Waals surface area contributed by atoms with Gasteiger partial charge in [-0.05, 0) is 28.8 Å². The van der Waals surface area contributed by atoms with E-state index in [-0.39, 0.29) is 0 Å². The molecule has 0 N–H and O–H groups in total. The molecule has 1 aromatic carbocycles. The first-order chi connectivity index (χ1) is 5.86. The predicted octanol–water partition coefficient (Wildman–Crippen LogP) is 3.36. The molecular formula is C9H8BrFO. The molecule has 0 fully saturated rings. The minimum atomic E-state index is -0.790. The molecule has 12 heavy (non-hydrogen) atoms. The van der Waals surface area contributed by atoms with Crippen LogP contribution in [-0.2, 0) is 0 Å². The van der Waals surface area contributed by atoms with E-state index in [0.29, 0.717) is 5.75 Å². The molecule has 0 amide bonds. The Morgan fingerprint density at radius 1 is 1.50 bits per heavy atom. The fourth-order valence-corrected chi connectivity index (χ4v) is 1.15. The number of ether oxygens (including phenoxy) is 1. The third-order valence-corrected chi connectivity index (χ3v) is 1.60. The van der Waals surface area contributed by atoms with Crippen molar-refractivity contribution in [3.63, 3.8) is 0 Å². The Labute approximate surface area is 79.0 Å². The van der Waals surface area contributed by atoms with Crippen molar-refractivity contribution >= 4 is 22.0 Å². The molecule has 1 rings (SSSR count). The maximum absolute atomic E-state index is 11.7. The van der Waals surface area contributed by atoms with E-state index in [1.54, 1.807) is 17.1 Å². The van der Waals surface area contributed by atoms with Crippen LogP contribution in [0.25, 0.3) is 6.08 Å². The van der Waals surface area contributed by atoms with Gasteiger partial charge in [0, 0.05) is 0 Å². The average molecular weight is 231 g/mol. The van der Waals surface area contributed by atoms with Gasteiger partial charge in [-0.15, -0.1) is 0 Å². The number of hydrogen-bond donors (Lipinski definition) is 0. The lowest BCUT2D eigenvalue weighted by Crippen LogP contribution is -1.89. The highest BCUT2D eigenvalue weighted by Crippen LogP contribution is 2.14. The summed E-state index contributed by atoms with van der Waals surface area (Å²) in [6, 6.07) is 7.19. The summed E-state index contributed by atoms with van der Waals surface area (Å²) in [5.41, 5.74) is 0.970. The van der Waals surface area contributed by atoms with Crippen LogP contribution in [0.2, 0.25) is 0 Å². The van der Waals surface area contributed by atoms with E-state index in [1.807, 2.05) is 18.2 Å². The van der Waals surface area contributed by atoms with Gasteiger partial charge >= 0.3 is 0 Å². The largest absolute Gasteiger partial charge is 0.463 e. The van der Waals surface area contributed by atoms with Gasteiger partial charge in [0.1, 0.15) is 5.75 Å². The molecule has 0 spiro atoms. The van der Waals surface area contributed by atoms with Crippen LogP contribution in [0.1, 0.15) is 5.56 Å². The van der Waals surface area contributed by atoms with Gasteiger partial charge in [0.05, 0.1) is 0 Å². The van der Waals surface area contributed by atoms with Crippen molar-refractivity contribution < 1.29 is 9.13 Å². The van der Waals surface area contributed by atoms with E-state index >= 15 is 0 Å². The van der Waals surface area contributed by atoms with Crippen molar-refractivity contribution in [3.8, 4) is 5.75 Å². The Hall–Kier alpha value is -0.830. The maximum atomic E-state index is 11.7. The van der Waals surface area contributed by atoms with Crippen LogP contribution >= 0.6 is 15.9 Å². The standard InChI is InChI=1S/C9H8BrFO/c10-5-4-8-2-1-3-9(6-8)12-7-11/h1-6H,7H2/b5-4+. The highest BCUT2D eigenvalue weighted by atomic mass is 79.9. The van der Waals surface area contributed by atoms with E-state index in [1.165, 1.54) is 0 Å². The molecule has 0 bridgehead atoms. The molecule has 0 atom stereocenters. The van der Waals surface area contributed by atoms with Crippen LogP contribution in [0.5, 0.6) is 5.75 Å². The third-order valence-electron chi connectivity index (χ3n) is 1.33. The lowest BCUT2D eigenvalue weighted by Gasteiger charge is -2.00. The van der Waals surface area contributed by atoms with Gasteiger partial charge in [0.2, 0.25) is 6.86 Å². The third kappa shape index (κ3) is 2.66. The quantitative estimate of drug-likeness (QED) is 0.774. The van der Waals surface area contributed by atoms with Crippen LogP contribution in [0, 0.1) is 0 Å². The van der Waals surface area contributed by atoms with Gasteiger partial charge in [-0.3, -0.25) is 0 Å². The number of rotatable bonds is 3. The number of alkyl halides is 1. The maximum Gasteiger partial charge on any atom is 0.228 e. The first kappa shape index (κ1) is 9.26. The molecule has 0 aromatic heterocycles. The minimum absolute atomic E-state index is 0.542. The Bertz CT molecular complexity index is 273. The van der Waals surface area contributed by atoms with Gasteiger partial charge in [-0.2, -0.15) is 0 Å². The van der Waals surface area contributed by atoms with Gasteiger partial charge in [0.25, 0.3) is 0 Å². The van der Waals surface area contributed by atoms with E-state index < -0.39 is 6.86 Å². The van der Waals surface area contributed by atoms with E-state index in [4.69, 9.17) is 0 Å². The monoisotopic (exact) mass is 230 g/mol. The van der Waals surface area contributed by atoms with Crippen molar-refractivity contribution in [2.24, 2.45) is 0 Å². The van der Waals surface area contributed by atoms with Gasteiger partial charge < -0.3 is 4.74 Å². The Kier molecular flexibility index (Phi) is 3.80. The molecule has 0 aliphatic carbocycles. The molecule has 3 heteroatoms. The van der Waals surface area contributed by atoms with E-state index in [0.717, 1.165) is 5.56 Å². The smallest absolute Gasteiger partial charge is 0.228 e. The van der Waals surface area contributed by atoms with Crippen LogP contribution < -0.4 is 4.74 Å². The van der Waals surface area contributed by atoms with E-state index in [2.05, 4.69) is 20.7 Å². The average Bonchev–Trinajstić information content (AvgIpc) is 2.06. The van der Waals surface area contributed by atoms with E-state index in [9.17, 15) is 4.39 Å². The van der Waals surface area contributed by atoms with Crippen LogP contribution in [0.15, 0.2) is 29.3 Å². The second-order valence-corrected chi connectivity index (χ2v) is 2.65. The normalized spacial score (nSPS) is 10.5. The zero-order valence-corrected chi connectivity index (χ0v) is 7.92. The van der Waals surface area contributed by atoms with Gasteiger partial charge in [-0.25, -0.2) is 4.39 Å². The fourth-order valence-electron chi connectivity index (χ4n) is 0.844. The summed E-state index contributed by atoms with van der Waals surface area (Å²) >= 11 is 3.15. The first-order valence-electron chi connectivity index (χ1n) is 3.42. The summed E-state index contributed by atoms with van der Waals surface area (Å²) in [4.78, 5) is 1.74. The SMILES string of the molecule is FCOc1cccc(/C=C/Br)c1. The fraction of sp³-hybridized carbons (Fsp3) is 0.111. The van der Waals surface area contributed by atoms with Crippen LogP contribution in [-0.4, -0.2) is 6.86 Å². The van der Waals surface area contributed by atoms with Crippen molar-refractivity contribution in [3.05, 3.63) is 34.8 Å². The Balaban J connectivity index is 2.80. The van der Waals surface area contributed by atoms with Gasteiger partial charge in [-0.1, -0.05) is 28.1 Å². The zero-order valence-electron chi connectivity index (χ0n) is 6.34. The summed E-state index contributed by atoms with van der Waals surface area (Å²) in [6.07, 6.45) is 1.85. The predicted molar refractivity (Wildman–Crippen MR) is 51.0 cm³/mol. The van der Waals surface area contributed by atoms with Crippen molar-refractivity contribution in [1.82, 2.24) is 0 Å². The zero-order chi connectivity index (χ0) is 8.81. The van der Waals surface area contributed by atoms with Crippen LogP contribution in [0.4, 0.5) is 4.39 Å². The Morgan fingerprint density at radius 3 is 3.00 bits per heavy atom. The highest BCUT2D eigenvalue weighted by Gasteiger charge is 1.92. The first-order valence-corrected chi connectivity index (χ1v) is 4.34. The van der Waals surface area contributed by atoms with Crippen molar-refractivity contribution in [2.75, 3.05) is 6.86 Å². The van der Waals surface area contributed by atoms with Crippen LogP contribution in [0.3, 0.4) is 0 Å². The van der Waals surface area contributed by atoms with Gasteiger partial charge in [0.15, 0.2) is 0 Å². The molecule has 0 saturated heterocycles. The topological polar surface area (TPSA) is 9.23 Å². The molecule has 0 saturated carbocycles. The minimum Gasteiger partial charge on any atom is -0.463 e. The molecule has 0 unspecified atom stereocenters. The lowest BCUT2D eigenvalue weighted by atomic mass is 10.2. The Morgan fingerprint density at radius 2 is 2.33 bits per heavy atom. The molecule has 1 nitrogen and oxygen atoms in total.